The minimum absolute atomic E-state index is 0.236. The molecular weight excluding hydrogens is 306 g/mol. The second-order valence-electron chi connectivity index (χ2n) is 4.95. The van der Waals surface area contributed by atoms with Crippen LogP contribution in [0, 0.1) is 0 Å². The number of carbonyl (C=O) groups is 2. The fourth-order valence-corrected chi connectivity index (χ4v) is 2.05. The summed E-state index contributed by atoms with van der Waals surface area (Å²) in [6.07, 6.45) is 1.44. The number of furan rings is 1. The fourth-order valence-electron chi connectivity index (χ4n) is 2.05. The maximum atomic E-state index is 11.9. The van der Waals surface area contributed by atoms with Gasteiger partial charge in [-0.1, -0.05) is 18.2 Å². The first kappa shape index (κ1) is 15.4. The Kier molecular flexibility index (Phi) is 4.57. The van der Waals surface area contributed by atoms with Crippen LogP contribution in [0.4, 0.5) is 21.9 Å². The van der Waals surface area contributed by atoms with Gasteiger partial charge in [-0.3, -0.25) is 4.79 Å². The highest BCUT2D eigenvalue weighted by Gasteiger charge is 2.08. The first-order valence-corrected chi connectivity index (χ1v) is 7.29. The molecule has 0 aliphatic carbocycles. The van der Waals surface area contributed by atoms with Crippen molar-refractivity contribution in [3.8, 4) is 0 Å². The molecule has 6 nitrogen and oxygen atoms in total. The summed E-state index contributed by atoms with van der Waals surface area (Å²) in [7, 11) is 0. The van der Waals surface area contributed by atoms with Crippen LogP contribution in [-0.4, -0.2) is 11.9 Å². The Morgan fingerprint density at radius 3 is 1.83 bits per heavy atom. The van der Waals surface area contributed by atoms with E-state index in [1.165, 1.54) is 6.26 Å². The van der Waals surface area contributed by atoms with Crippen molar-refractivity contribution < 1.29 is 14.0 Å². The number of urea groups is 1. The highest BCUT2D eigenvalue weighted by Crippen LogP contribution is 2.15. The first-order valence-electron chi connectivity index (χ1n) is 7.29. The Labute approximate surface area is 138 Å². The summed E-state index contributed by atoms with van der Waals surface area (Å²) < 4.78 is 5.02. The molecule has 0 aliphatic heterocycles. The van der Waals surface area contributed by atoms with Crippen LogP contribution in [0.3, 0.4) is 0 Å². The van der Waals surface area contributed by atoms with Crippen LogP contribution in [0.2, 0.25) is 0 Å². The van der Waals surface area contributed by atoms with Gasteiger partial charge < -0.3 is 20.4 Å². The molecule has 3 rings (SSSR count). The molecule has 0 unspecified atom stereocenters. The van der Waals surface area contributed by atoms with E-state index in [-0.39, 0.29) is 17.7 Å². The van der Waals surface area contributed by atoms with E-state index >= 15 is 0 Å². The lowest BCUT2D eigenvalue weighted by Crippen LogP contribution is -2.19. The predicted molar refractivity (Wildman–Crippen MR) is 92.2 cm³/mol. The Balaban J connectivity index is 1.56. The van der Waals surface area contributed by atoms with Crippen molar-refractivity contribution in [3.63, 3.8) is 0 Å². The van der Waals surface area contributed by atoms with Crippen LogP contribution in [0.15, 0.2) is 77.4 Å². The van der Waals surface area contributed by atoms with Gasteiger partial charge in [-0.05, 0) is 48.5 Å². The average molecular weight is 321 g/mol. The van der Waals surface area contributed by atoms with Crippen molar-refractivity contribution in [2.75, 3.05) is 16.0 Å². The van der Waals surface area contributed by atoms with E-state index in [1.807, 2.05) is 18.2 Å². The van der Waals surface area contributed by atoms with E-state index in [2.05, 4.69) is 16.0 Å². The second kappa shape index (κ2) is 7.15. The second-order valence-corrected chi connectivity index (χ2v) is 4.95. The van der Waals surface area contributed by atoms with Crippen LogP contribution in [-0.2, 0) is 0 Å². The fraction of sp³-hybridized carbons (Fsp3) is 0. The number of hydrogen-bond donors (Lipinski definition) is 3. The molecule has 6 heteroatoms. The van der Waals surface area contributed by atoms with Crippen molar-refractivity contribution in [2.45, 2.75) is 0 Å². The molecule has 24 heavy (non-hydrogen) atoms. The molecule has 1 aromatic heterocycles. The Morgan fingerprint density at radius 2 is 1.25 bits per heavy atom. The maximum absolute atomic E-state index is 11.9. The molecule has 3 N–H and O–H groups in total. The summed E-state index contributed by atoms with van der Waals surface area (Å²) >= 11 is 0. The summed E-state index contributed by atoms with van der Waals surface area (Å²) in [6.45, 7) is 0. The SMILES string of the molecule is O=C(Nc1ccccc1)Nc1ccc(NC(=O)c2ccco2)cc1. The molecule has 0 saturated carbocycles. The molecule has 0 fully saturated rings. The van der Waals surface area contributed by atoms with Gasteiger partial charge in [0.25, 0.3) is 5.91 Å². The molecule has 2 aromatic carbocycles. The van der Waals surface area contributed by atoms with Crippen molar-refractivity contribution in [1.29, 1.82) is 0 Å². The maximum Gasteiger partial charge on any atom is 0.323 e. The summed E-state index contributed by atoms with van der Waals surface area (Å²) in [5, 5.41) is 8.14. The normalized spacial score (nSPS) is 10.0. The van der Waals surface area contributed by atoms with Gasteiger partial charge in [-0.2, -0.15) is 0 Å². The molecule has 120 valence electrons. The van der Waals surface area contributed by atoms with Crippen LogP contribution >= 0.6 is 0 Å². The Morgan fingerprint density at radius 1 is 0.667 bits per heavy atom. The van der Waals surface area contributed by atoms with Gasteiger partial charge in [0.2, 0.25) is 0 Å². The highest BCUT2D eigenvalue weighted by molar-refractivity contribution is 6.03. The van der Waals surface area contributed by atoms with Gasteiger partial charge in [0.05, 0.1) is 6.26 Å². The van der Waals surface area contributed by atoms with E-state index in [0.29, 0.717) is 17.1 Å². The number of hydrogen-bond acceptors (Lipinski definition) is 3. The smallest absolute Gasteiger partial charge is 0.323 e. The zero-order valence-electron chi connectivity index (χ0n) is 12.7. The first-order chi connectivity index (χ1) is 11.7. The summed E-state index contributed by atoms with van der Waals surface area (Å²) in [6, 6.07) is 18.8. The summed E-state index contributed by atoms with van der Waals surface area (Å²) in [5.74, 6) is -0.0954. The van der Waals surface area contributed by atoms with Gasteiger partial charge in [-0.25, -0.2) is 4.79 Å². The standard InChI is InChI=1S/C18H15N3O3/c22-17(16-7-4-12-24-16)19-14-8-10-15(11-9-14)21-18(23)20-13-5-2-1-3-6-13/h1-12H,(H,19,22)(H2,20,21,23). The lowest BCUT2D eigenvalue weighted by molar-refractivity contribution is 0.0996. The molecule has 0 atom stereocenters. The number of rotatable bonds is 4. The average Bonchev–Trinajstić information content (AvgIpc) is 3.12. The molecule has 0 radical (unpaired) electrons. The van der Waals surface area contributed by atoms with Crippen LogP contribution in [0.5, 0.6) is 0 Å². The molecule has 0 aliphatic rings. The molecule has 3 aromatic rings. The van der Waals surface area contributed by atoms with E-state index in [4.69, 9.17) is 4.42 Å². The van der Waals surface area contributed by atoms with Crippen molar-refractivity contribution in [2.24, 2.45) is 0 Å². The Hall–Kier alpha value is -3.54. The highest BCUT2D eigenvalue weighted by atomic mass is 16.3. The molecule has 0 saturated heterocycles. The third kappa shape index (κ3) is 4.01. The van der Waals surface area contributed by atoms with Gasteiger partial charge >= 0.3 is 6.03 Å². The van der Waals surface area contributed by atoms with Crippen molar-refractivity contribution in [3.05, 3.63) is 78.8 Å². The lowest BCUT2D eigenvalue weighted by atomic mass is 10.2. The number of benzene rings is 2. The minimum Gasteiger partial charge on any atom is -0.459 e. The van der Waals surface area contributed by atoms with E-state index < -0.39 is 0 Å². The van der Waals surface area contributed by atoms with Gasteiger partial charge in [0.15, 0.2) is 5.76 Å². The van der Waals surface area contributed by atoms with E-state index in [9.17, 15) is 9.59 Å². The molecular formula is C18H15N3O3. The van der Waals surface area contributed by atoms with E-state index in [1.54, 1.807) is 48.5 Å². The minimum atomic E-state index is -0.339. The number of nitrogens with one attached hydrogen (secondary N) is 3. The van der Waals surface area contributed by atoms with Crippen molar-refractivity contribution in [1.82, 2.24) is 0 Å². The third-order valence-corrected chi connectivity index (χ3v) is 3.18. The molecule has 0 bridgehead atoms. The number of anilines is 3. The zero-order chi connectivity index (χ0) is 16.8. The number of amides is 3. The van der Waals surface area contributed by atoms with Crippen molar-refractivity contribution >= 4 is 29.0 Å². The topological polar surface area (TPSA) is 83.4 Å². The van der Waals surface area contributed by atoms with Gasteiger partial charge in [0, 0.05) is 17.1 Å². The zero-order valence-corrected chi connectivity index (χ0v) is 12.7. The molecule has 0 spiro atoms. The molecule has 1 heterocycles. The van der Waals surface area contributed by atoms with Crippen LogP contribution in [0.1, 0.15) is 10.6 Å². The monoisotopic (exact) mass is 321 g/mol. The third-order valence-electron chi connectivity index (χ3n) is 3.18. The quantitative estimate of drug-likeness (QED) is 0.674. The van der Waals surface area contributed by atoms with Crippen LogP contribution in [0.25, 0.3) is 0 Å². The largest absolute Gasteiger partial charge is 0.459 e. The molecule has 3 amide bonds. The summed E-state index contributed by atoms with van der Waals surface area (Å²) in [4.78, 5) is 23.8. The Bertz CT molecular complexity index is 812. The number of carbonyl (C=O) groups excluding carboxylic acids is 2. The number of para-hydroxylation sites is 1. The van der Waals surface area contributed by atoms with E-state index in [0.717, 1.165) is 0 Å². The van der Waals surface area contributed by atoms with Gasteiger partial charge in [0.1, 0.15) is 0 Å². The summed E-state index contributed by atoms with van der Waals surface area (Å²) in [5.41, 5.74) is 1.92. The van der Waals surface area contributed by atoms with Crippen LogP contribution < -0.4 is 16.0 Å². The predicted octanol–water partition coefficient (Wildman–Crippen LogP) is 4.18. The lowest BCUT2D eigenvalue weighted by Gasteiger charge is -2.08. The van der Waals surface area contributed by atoms with Gasteiger partial charge in [-0.15, -0.1) is 0 Å².